The normalized spacial score (nSPS) is 10.2. The lowest BCUT2D eigenvalue weighted by Gasteiger charge is -2.12. The summed E-state index contributed by atoms with van der Waals surface area (Å²) in [5.74, 6) is 0.233. The summed E-state index contributed by atoms with van der Waals surface area (Å²) >= 11 is 12.0. The van der Waals surface area contributed by atoms with Crippen molar-refractivity contribution in [3.63, 3.8) is 0 Å². The van der Waals surface area contributed by atoms with Crippen molar-refractivity contribution in [2.24, 2.45) is 0 Å². The van der Waals surface area contributed by atoms with Crippen LogP contribution in [0.5, 0.6) is 11.5 Å². The first-order valence-corrected chi connectivity index (χ1v) is 9.64. The number of hydrogen-bond donors (Lipinski definition) is 2. The van der Waals surface area contributed by atoms with Crippen LogP contribution in [-0.4, -0.2) is 25.5 Å². The van der Waals surface area contributed by atoms with E-state index in [1.165, 1.54) is 13.2 Å². The number of halogens is 2. The number of methoxy groups -OCH3 is 1. The fraction of sp³-hybridized carbons (Fsp3) is 0.0909. The largest absolute Gasteiger partial charge is 0.493 e. The third-order valence-corrected chi connectivity index (χ3v) is 4.57. The zero-order chi connectivity index (χ0) is 21.5. The van der Waals surface area contributed by atoms with Gasteiger partial charge in [-0.2, -0.15) is 0 Å². The summed E-state index contributed by atoms with van der Waals surface area (Å²) in [5, 5.41) is 6.14. The second-order valence-corrected chi connectivity index (χ2v) is 6.99. The van der Waals surface area contributed by atoms with Crippen LogP contribution >= 0.6 is 23.2 Å². The second-order valence-electron chi connectivity index (χ2n) is 6.15. The molecule has 0 aliphatic rings. The first kappa shape index (κ1) is 21.5. The Kier molecular flexibility index (Phi) is 7.17. The Labute approximate surface area is 183 Å². The monoisotopic (exact) mass is 444 g/mol. The zero-order valence-electron chi connectivity index (χ0n) is 15.9. The molecule has 3 aromatic carbocycles. The molecule has 30 heavy (non-hydrogen) atoms. The molecule has 0 aliphatic carbocycles. The Balaban J connectivity index is 1.61. The van der Waals surface area contributed by atoms with E-state index in [4.69, 9.17) is 32.7 Å². The summed E-state index contributed by atoms with van der Waals surface area (Å²) < 4.78 is 10.7. The molecule has 2 N–H and O–H groups in total. The van der Waals surface area contributed by atoms with Gasteiger partial charge in [-0.05, 0) is 48.5 Å². The van der Waals surface area contributed by atoms with E-state index in [0.717, 1.165) is 0 Å². The minimum absolute atomic E-state index is 0.199. The lowest BCUT2D eigenvalue weighted by atomic mass is 10.2. The van der Waals surface area contributed by atoms with E-state index in [-0.39, 0.29) is 23.1 Å². The lowest BCUT2D eigenvalue weighted by molar-refractivity contribution is -0.118. The van der Waals surface area contributed by atoms with Crippen LogP contribution in [0.3, 0.4) is 0 Å². The number of hydrogen-bond acceptors (Lipinski definition) is 4. The predicted octanol–water partition coefficient (Wildman–Crippen LogP) is 5.27. The van der Waals surface area contributed by atoms with Gasteiger partial charge < -0.3 is 20.1 Å². The second kappa shape index (κ2) is 10.0. The van der Waals surface area contributed by atoms with Crippen molar-refractivity contribution in [1.82, 2.24) is 0 Å². The number of amides is 2. The highest BCUT2D eigenvalue weighted by molar-refractivity contribution is 6.36. The van der Waals surface area contributed by atoms with Gasteiger partial charge in [-0.3, -0.25) is 9.59 Å². The fourth-order valence-electron chi connectivity index (χ4n) is 2.62. The van der Waals surface area contributed by atoms with Crippen LogP contribution in [0.4, 0.5) is 11.4 Å². The summed E-state index contributed by atoms with van der Waals surface area (Å²) in [6.07, 6.45) is 0. The van der Waals surface area contributed by atoms with Crippen LogP contribution < -0.4 is 20.1 Å². The molecule has 0 heterocycles. The van der Waals surface area contributed by atoms with E-state index >= 15 is 0 Å². The fourth-order valence-corrected chi connectivity index (χ4v) is 3.00. The number of anilines is 2. The van der Waals surface area contributed by atoms with Crippen molar-refractivity contribution in [2.45, 2.75) is 0 Å². The van der Waals surface area contributed by atoms with Gasteiger partial charge in [0.2, 0.25) is 0 Å². The molecule has 0 unspecified atom stereocenters. The van der Waals surface area contributed by atoms with Crippen LogP contribution in [0.2, 0.25) is 10.0 Å². The Morgan fingerprint density at radius 3 is 2.30 bits per heavy atom. The van der Waals surface area contributed by atoms with Crippen LogP contribution in [0.1, 0.15) is 10.4 Å². The average Bonchev–Trinajstić information content (AvgIpc) is 2.74. The van der Waals surface area contributed by atoms with E-state index in [9.17, 15) is 9.59 Å². The molecule has 0 aromatic heterocycles. The van der Waals surface area contributed by atoms with Crippen molar-refractivity contribution in [1.29, 1.82) is 0 Å². The van der Waals surface area contributed by atoms with Gasteiger partial charge in [-0.15, -0.1) is 0 Å². The van der Waals surface area contributed by atoms with Gasteiger partial charge in [0.1, 0.15) is 0 Å². The van der Waals surface area contributed by atoms with Crippen LogP contribution in [0, 0.1) is 0 Å². The third kappa shape index (κ3) is 5.65. The molecule has 3 aromatic rings. The molecule has 154 valence electrons. The van der Waals surface area contributed by atoms with Crippen molar-refractivity contribution >= 4 is 46.4 Å². The summed E-state index contributed by atoms with van der Waals surface area (Å²) in [4.78, 5) is 24.7. The molecule has 0 spiro atoms. The standard InChI is InChI=1S/C22H18Cl2N2O4/c1-29-19-7-2-3-8-20(19)30-13-21(27)25-15-5-4-6-16(12-15)26-22(28)17-11-14(23)9-10-18(17)24/h2-12H,13H2,1H3,(H,25,27)(H,26,28). The highest BCUT2D eigenvalue weighted by Gasteiger charge is 2.12. The number of carbonyl (C=O) groups excluding carboxylic acids is 2. The number of carbonyl (C=O) groups is 2. The van der Waals surface area contributed by atoms with E-state index < -0.39 is 5.91 Å². The van der Waals surface area contributed by atoms with Gasteiger partial charge >= 0.3 is 0 Å². The Morgan fingerprint density at radius 2 is 1.57 bits per heavy atom. The molecular formula is C22H18Cl2N2O4. The van der Waals surface area contributed by atoms with Crippen molar-refractivity contribution in [3.05, 3.63) is 82.3 Å². The van der Waals surface area contributed by atoms with Gasteiger partial charge in [0.05, 0.1) is 17.7 Å². The maximum absolute atomic E-state index is 12.5. The van der Waals surface area contributed by atoms with Crippen molar-refractivity contribution < 1.29 is 19.1 Å². The third-order valence-electron chi connectivity index (χ3n) is 4.01. The van der Waals surface area contributed by atoms with E-state index in [0.29, 0.717) is 27.9 Å². The maximum Gasteiger partial charge on any atom is 0.262 e. The van der Waals surface area contributed by atoms with Gasteiger partial charge in [0.25, 0.3) is 11.8 Å². The first-order chi connectivity index (χ1) is 14.5. The van der Waals surface area contributed by atoms with Gasteiger partial charge in [-0.1, -0.05) is 41.4 Å². The average molecular weight is 445 g/mol. The smallest absolute Gasteiger partial charge is 0.262 e. The van der Waals surface area contributed by atoms with Crippen LogP contribution in [-0.2, 0) is 4.79 Å². The highest BCUT2D eigenvalue weighted by Crippen LogP contribution is 2.26. The minimum atomic E-state index is -0.412. The molecule has 2 amide bonds. The van der Waals surface area contributed by atoms with E-state index in [1.807, 2.05) is 6.07 Å². The molecule has 3 rings (SSSR count). The van der Waals surface area contributed by atoms with Crippen molar-refractivity contribution in [3.8, 4) is 11.5 Å². The molecule has 0 saturated carbocycles. The molecule has 6 nitrogen and oxygen atoms in total. The van der Waals surface area contributed by atoms with Crippen LogP contribution in [0.25, 0.3) is 0 Å². The quantitative estimate of drug-likeness (QED) is 0.520. The minimum Gasteiger partial charge on any atom is -0.493 e. The van der Waals surface area contributed by atoms with Gasteiger partial charge in [-0.25, -0.2) is 0 Å². The molecule has 0 radical (unpaired) electrons. The van der Waals surface area contributed by atoms with E-state index in [2.05, 4.69) is 10.6 Å². The summed E-state index contributed by atoms with van der Waals surface area (Å²) in [6.45, 7) is -0.199. The zero-order valence-corrected chi connectivity index (χ0v) is 17.5. The topological polar surface area (TPSA) is 76.7 Å². The van der Waals surface area contributed by atoms with E-state index in [1.54, 1.807) is 54.6 Å². The number of para-hydroxylation sites is 2. The Hall–Kier alpha value is -3.22. The molecule has 0 bridgehead atoms. The predicted molar refractivity (Wildman–Crippen MR) is 118 cm³/mol. The van der Waals surface area contributed by atoms with Crippen LogP contribution in [0.15, 0.2) is 66.7 Å². The molecule has 0 fully saturated rings. The highest BCUT2D eigenvalue weighted by atomic mass is 35.5. The maximum atomic E-state index is 12.5. The molecule has 0 saturated heterocycles. The van der Waals surface area contributed by atoms with Gasteiger partial charge in [0.15, 0.2) is 18.1 Å². The SMILES string of the molecule is COc1ccccc1OCC(=O)Nc1cccc(NC(=O)c2cc(Cl)ccc2Cl)c1. The Morgan fingerprint density at radius 1 is 0.867 bits per heavy atom. The summed E-state index contributed by atoms with van der Waals surface area (Å²) in [6, 6.07) is 18.4. The lowest BCUT2D eigenvalue weighted by Crippen LogP contribution is -2.20. The molecule has 0 aliphatic heterocycles. The molecule has 0 atom stereocenters. The number of rotatable bonds is 7. The number of ether oxygens (including phenoxy) is 2. The summed E-state index contributed by atoms with van der Waals surface area (Å²) in [7, 11) is 1.53. The number of benzene rings is 3. The molecular weight excluding hydrogens is 427 g/mol. The van der Waals surface area contributed by atoms with Gasteiger partial charge in [0, 0.05) is 16.4 Å². The van der Waals surface area contributed by atoms with Crippen molar-refractivity contribution in [2.75, 3.05) is 24.4 Å². The molecule has 8 heteroatoms. The number of nitrogens with one attached hydrogen (secondary N) is 2. The first-order valence-electron chi connectivity index (χ1n) is 8.88. The Bertz CT molecular complexity index is 1070. The summed E-state index contributed by atoms with van der Waals surface area (Å²) in [5.41, 5.74) is 1.24.